The molecule has 0 saturated carbocycles. The summed E-state index contributed by atoms with van der Waals surface area (Å²) < 4.78 is 38.5. The molecule has 0 aliphatic carbocycles. The van der Waals surface area contributed by atoms with Crippen molar-refractivity contribution in [3.05, 3.63) is 65.0 Å². The summed E-state index contributed by atoms with van der Waals surface area (Å²) in [6, 6.07) is 15.4. The fraction of sp³-hybridized carbons (Fsp3) is 0.143. The van der Waals surface area contributed by atoms with Crippen molar-refractivity contribution in [2.75, 3.05) is 18.0 Å². The van der Waals surface area contributed by atoms with Crippen LogP contribution in [0.5, 0.6) is 5.75 Å². The first-order chi connectivity index (χ1) is 14.9. The molecule has 0 bridgehead atoms. The minimum atomic E-state index is -3.87. The summed E-state index contributed by atoms with van der Waals surface area (Å²) in [6.45, 7) is 2.49. The number of hydrogen-bond donors (Lipinski definition) is 0. The Bertz CT molecular complexity index is 1300. The number of nitrogens with zero attached hydrogens (tertiary/aromatic N) is 3. The Morgan fingerprint density at radius 3 is 2.65 bits per heavy atom. The Hall–Kier alpha value is -2.88. The highest BCUT2D eigenvalue weighted by molar-refractivity contribution is 7.93. The van der Waals surface area contributed by atoms with E-state index in [1.165, 1.54) is 28.8 Å². The van der Waals surface area contributed by atoms with Gasteiger partial charge in [-0.15, -0.1) is 11.3 Å². The van der Waals surface area contributed by atoms with Crippen LogP contribution in [0.2, 0.25) is 5.02 Å². The van der Waals surface area contributed by atoms with Gasteiger partial charge >= 0.3 is 0 Å². The van der Waals surface area contributed by atoms with Gasteiger partial charge in [-0.2, -0.15) is 4.98 Å². The van der Waals surface area contributed by atoms with E-state index in [2.05, 4.69) is 10.1 Å². The summed E-state index contributed by atoms with van der Waals surface area (Å²) in [7, 11) is -2.40. The zero-order valence-corrected chi connectivity index (χ0v) is 19.0. The van der Waals surface area contributed by atoms with Crippen LogP contribution in [-0.2, 0) is 10.0 Å². The van der Waals surface area contributed by atoms with Crippen molar-refractivity contribution in [3.8, 4) is 27.9 Å². The Kier molecular flexibility index (Phi) is 5.99. The Morgan fingerprint density at radius 2 is 1.94 bits per heavy atom. The Labute approximate surface area is 188 Å². The number of hydrogen-bond acceptors (Lipinski definition) is 7. The molecule has 0 spiro atoms. The van der Waals surface area contributed by atoms with E-state index >= 15 is 0 Å². The summed E-state index contributed by atoms with van der Waals surface area (Å²) in [6.07, 6.45) is 0. The van der Waals surface area contributed by atoms with Gasteiger partial charge in [0.1, 0.15) is 15.5 Å². The molecule has 31 heavy (non-hydrogen) atoms. The summed E-state index contributed by atoms with van der Waals surface area (Å²) >= 11 is 7.23. The lowest BCUT2D eigenvalue weighted by Gasteiger charge is -2.19. The normalized spacial score (nSPS) is 11.5. The highest BCUT2D eigenvalue weighted by Crippen LogP contribution is 2.36. The molecule has 4 rings (SSSR count). The molecule has 0 amide bonds. The summed E-state index contributed by atoms with van der Waals surface area (Å²) in [5.41, 5.74) is 1.18. The first-order valence-electron chi connectivity index (χ1n) is 9.29. The molecule has 4 aromatic rings. The van der Waals surface area contributed by atoms with Crippen molar-refractivity contribution in [2.45, 2.75) is 11.8 Å². The lowest BCUT2D eigenvalue weighted by atomic mass is 10.2. The third-order valence-electron chi connectivity index (χ3n) is 4.48. The van der Waals surface area contributed by atoms with Crippen LogP contribution in [0.25, 0.3) is 22.2 Å². The molecule has 0 unspecified atom stereocenters. The van der Waals surface area contributed by atoms with E-state index in [1.54, 1.807) is 29.6 Å². The summed E-state index contributed by atoms with van der Waals surface area (Å²) in [5, 5.41) is 6.13. The zero-order valence-electron chi connectivity index (χ0n) is 16.6. The topological polar surface area (TPSA) is 85.5 Å². The van der Waals surface area contributed by atoms with Gasteiger partial charge in [-0.3, -0.25) is 4.31 Å². The highest BCUT2D eigenvalue weighted by Gasteiger charge is 2.28. The first-order valence-corrected chi connectivity index (χ1v) is 12.0. The van der Waals surface area contributed by atoms with Gasteiger partial charge in [0.2, 0.25) is 5.82 Å². The van der Waals surface area contributed by atoms with Crippen LogP contribution in [0, 0.1) is 0 Å². The van der Waals surface area contributed by atoms with Gasteiger partial charge in [-0.05, 0) is 60.8 Å². The third kappa shape index (κ3) is 4.30. The van der Waals surface area contributed by atoms with Crippen LogP contribution >= 0.6 is 22.9 Å². The molecule has 160 valence electrons. The smallest absolute Gasteiger partial charge is 0.269 e. The van der Waals surface area contributed by atoms with E-state index in [0.717, 1.165) is 11.3 Å². The number of sulfonamides is 1. The molecule has 10 heteroatoms. The number of halogens is 1. The minimum Gasteiger partial charge on any atom is -0.494 e. The van der Waals surface area contributed by atoms with Crippen molar-refractivity contribution < 1.29 is 17.7 Å². The van der Waals surface area contributed by atoms with E-state index in [1.807, 2.05) is 31.2 Å². The molecule has 0 fully saturated rings. The average molecular weight is 476 g/mol. The number of thiophene rings is 1. The molecular formula is C21H18ClN3O4S2. The van der Waals surface area contributed by atoms with Gasteiger partial charge in [-0.25, -0.2) is 8.42 Å². The van der Waals surface area contributed by atoms with E-state index in [0.29, 0.717) is 28.0 Å². The molecule has 7 nitrogen and oxygen atoms in total. The predicted molar refractivity (Wildman–Crippen MR) is 121 cm³/mol. The van der Waals surface area contributed by atoms with E-state index in [9.17, 15) is 8.42 Å². The lowest BCUT2D eigenvalue weighted by Crippen LogP contribution is -2.26. The second kappa shape index (κ2) is 8.70. The second-order valence-electron chi connectivity index (χ2n) is 6.45. The van der Waals surface area contributed by atoms with E-state index < -0.39 is 10.0 Å². The van der Waals surface area contributed by atoms with Gasteiger partial charge < -0.3 is 9.26 Å². The largest absolute Gasteiger partial charge is 0.494 e. The Morgan fingerprint density at radius 1 is 1.16 bits per heavy atom. The summed E-state index contributed by atoms with van der Waals surface area (Å²) in [5.74, 6) is 1.24. The molecule has 0 N–H and O–H groups in total. The summed E-state index contributed by atoms with van der Waals surface area (Å²) in [4.78, 5) is 4.87. The molecule has 2 aromatic heterocycles. The number of ether oxygens (including phenoxy) is 1. The minimum absolute atomic E-state index is 0.0851. The molecule has 0 saturated heterocycles. The number of aromatic nitrogens is 2. The van der Waals surface area contributed by atoms with Crippen molar-refractivity contribution >= 4 is 38.6 Å². The Balaban J connectivity index is 1.66. The van der Waals surface area contributed by atoms with Gasteiger partial charge in [0.15, 0.2) is 0 Å². The molecule has 2 heterocycles. The average Bonchev–Trinajstić information content (AvgIpc) is 3.44. The first kappa shape index (κ1) is 21.4. The van der Waals surface area contributed by atoms with Crippen LogP contribution in [-0.4, -0.2) is 32.2 Å². The van der Waals surface area contributed by atoms with Crippen LogP contribution in [0.3, 0.4) is 0 Å². The predicted octanol–water partition coefficient (Wildman–Crippen LogP) is 5.34. The number of rotatable bonds is 7. The maximum atomic E-state index is 13.3. The van der Waals surface area contributed by atoms with E-state index in [-0.39, 0.29) is 10.8 Å². The zero-order chi connectivity index (χ0) is 22.0. The fourth-order valence-electron chi connectivity index (χ4n) is 2.91. The fourth-order valence-corrected chi connectivity index (χ4v) is 5.60. The van der Waals surface area contributed by atoms with Gasteiger partial charge in [0.25, 0.3) is 15.9 Å². The van der Waals surface area contributed by atoms with Gasteiger partial charge in [0.05, 0.1) is 12.3 Å². The molecule has 0 atom stereocenters. The molecule has 0 aliphatic heterocycles. The van der Waals surface area contributed by atoms with Crippen molar-refractivity contribution in [3.63, 3.8) is 0 Å². The second-order valence-corrected chi connectivity index (χ2v) is 9.74. The highest BCUT2D eigenvalue weighted by atomic mass is 35.5. The number of benzene rings is 2. The molecule has 0 radical (unpaired) electrons. The standard InChI is InChI=1S/C21H18ClN3O4S2/c1-3-28-17-9-7-14(8-10-17)20-23-21(29-24-20)19-18(11-12-30-19)31(26,27)25(2)16-6-4-5-15(22)13-16/h4-13H,3H2,1-2H3. The third-order valence-corrected chi connectivity index (χ3v) is 7.58. The monoisotopic (exact) mass is 475 g/mol. The van der Waals surface area contributed by atoms with Crippen LogP contribution in [0.4, 0.5) is 5.69 Å². The van der Waals surface area contributed by atoms with Crippen molar-refractivity contribution in [1.29, 1.82) is 0 Å². The van der Waals surface area contributed by atoms with Crippen molar-refractivity contribution in [2.24, 2.45) is 0 Å². The van der Waals surface area contributed by atoms with E-state index in [4.69, 9.17) is 20.9 Å². The molecule has 2 aromatic carbocycles. The number of anilines is 1. The maximum Gasteiger partial charge on any atom is 0.269 e. The van der Waals surface area contributed by atoms with Gasteiger partial charge in [0, 0.05) is 17.6 Å². The lowest BCUT2D eigenvalue weighted by molar-refractivity contribution is 0.340. The maximum absolute atomic E-state index is 13.3. The molecule has 0 aliphatic rings. The van der Waals surface area contributed by atoms with Crippen LogP contribution in [0.1, 0.15) is 6.92 Å². The quantitative estimate of drug-likeness (QED) is 0.358. The van der Waals surface area contributed by atoms with Crippen LogP contribution in [0.15, 0.2) is 69.4 Å². The van der Waals surface area contributed by atoms with Crippen molar-refractivity contribution in [1.82, 2.24) is 10.1 Å². The SMILES string of the molecule is CCOc1ccc(-c2noc(-c3sccc3S(=O)(=O)N(C)c3cccc(Cl)c3)n2)cc1. The molecular weight excluding hydrogens is 458 g/mol. The van der Waals surface area contributed by atoms with Crippen LogP contribution < -0.4 is 9.04 Å². The van der Waals surface area contributed by atoms with Gasteiger partial charge in [-0.1, -0.05) is 22.8 Å².